The van der Waals surface area contributed by atoms with Gasteiger partial charge < -0.3 is 10.2 Å². The van der Waals surface area contributed by atoms with Crippen LogP contribution in [0.15, 0.2) is 48.5 Å². The summed E-state index contributed by atoms with van der Waals surface area (Å²) in [6.07, 6.45) is 1.39. The fraction of sp³-hybridized carbons (Fsp3) is 0.350. The Hall–Kier alpha value is -2.69. The van der Waals surface area contributed by atoms with Gasteiger partial charge in [0, 0.05) is 31.2 Å². The monoisotopic (exact) mass is 337 g/mol. The summed E-state index contributed by atoms with van der Waals surface area (Å²) >= 11 is 0. The summed E-state index contributed by atoms with van der Waals surface area (Å²) in [5.74, 6) is -0.00490. The second-order valence-electron chi connectivity index (χ2n) is 6.43. The Bertz CT molecular complexity index is 738. The van der Waals surface area contributed by atoms with Crippen LogP contribution in [0, 0.1) is 12.8 Å². The molecule has 1 aliphatic rings. The number of carbonyl (C=O) groups is 2. The van der Waals surface area contributed by atoms with E-state index >= 15 is 0 Å². The van der Waals surface area contributed by atoms with E-state index in [1.54, 1.807) is 11.0 Å². The molecule has 1 aliphatic heterocycles. The quantitative estimate of drug-likeness (QED) is 0.933. The van der Waals surface area contributed by atoms with Crippen molar-refractivity contribution in [2.24, 2.45) is 5.92 Å². The summed E-state index contributed by atoms with van der Waals surface area (Å²) in [7, 11) is 0. The summed E-state index contributed by atoms with van der Waals surface area (Å²) in [6, 6.07) is 15.3. The molecular formula is C20H23N3O2. The van der Waals surface area contributed by atoms with Crippen LogP contribution < -0.4 is 5.32 Å². The average molecular weight is 337 g/mol. The van der Waals surface area contributed by atoms with Gasteiger partial charge in [0.25, 0.3) is 5.91 Å². The maximum Gasteiger partial charge on any atom is 0.272 e. The molecule has 0 radical (unpaired) electrons. The number of hydrogen-bond acceptors (Lipinski definition) is 3. The molecule has 2 aromatic rings. The van der Waals surface area contributed by atoms with Crippen LogP contribution in [0.4, 0.5) is 0 Å². The van der Waals surface area contributed by atoms with Crippen LogP contribution in [0.2, 0.25) is 0 Å². The molecule has 1 aromatic carbocycles. The molecular weight excluding hydrogens is 314 g/mol. The van der Waals surface area contributed by atoms with Crippen molar-refractivity contribution in [3.63, 3.8) is 0 Å². The van der Waals surface area contributed by atoms with Crippen LogP contribution >= 0.6 is 0 Å². The second kappa shape index (κ2) is 7.92. The number of aromatic nitrogens is 1. The molecule has 0 aliphatic carbocycles. The third kappa shape index (κ3) is 4.44. The number of piperidine rings is 1. The predicted molar refractivity (Wildman–Crippen MR) is 95.9 cm³/mol. The van der Waals surface area contributed by atoms with Crippen LogP contribution in [0.3, 0.4) is 0 Å². The Kier molecular flexibility index (Phi) is 5.43. The Morgan fingerprint density at radius 2 is 1.80 bits per heavy atom. The standard InChI is InChI=1S/C20H23N3O2/c1-15-6-5-9-18(22-15)20(25)23-12-10-17(11-13-23)19(24)21-14-16-7-3-2-4-8-16/h2-9,17H,10-14H2,1H3,(H,21,24). The summed E-state index contributed by atoms with van der Waals surface area (Å²) in [5, 5.41) is 3.00. The molecule has 5 heteroatoms. The van der Waals surface area contributed by atoms with Gasteiger partial charge in [0.15, 0.2) is 0 Å². The van der Waals surface area contributed by atoms with E-state index in [0.29, 0.717) is 38.2 Å². The van der Waals surface area contributed by atoms with E-state index in [9.17, 15) is 9.59 Å². The molecule has 0 atom stereocenters. The minimum atomic E-state index is -0.0492. The molecule has 1 saturated heterocycles. The molecule has 2 heterocycles. The highest BCUT2D eigenvalue weighted by Crippen LogP contribution is 2.19. The van der Waals surface area contributed by atoms with Gasteiger partial charge in [-0.05, 0) is 37.5 Å². The molecule has 130 valence electrons. The third-order valence-electron chi connectivity index (χ3n) is 4.57. The summed E-state index contributed by atoms with van der Waals surface area (Å²) < 4.78 is 0. The molecule has 1 fully saturated rings. The largest absolute Gasteiger partial charge is 0.352 e. The van der Waals surface area contributed by atoms with E-state index < -0.39 is 0 Å². The Morgan fingerprint density at radius 1 is 1.08 bits per heavy atom. The molecule has 1 N–H and O–H groups in total. The first-order chi connectivity index (χ1) is 12.1. The molecule has 25 heavy (non-hydrogen) atoms. The van der Waals surface area contributed by atoms with Crippen molar-refractivity contribution in [3.8, 4) is 0 Å². The molecule has 5 nitrogen and oxygen atoms in total. The van der Waals surface area contributed by atoms with Crippen molar-refractivity contribution in [3.05, 3.63) is 65.5 Å². The van der Waals surface area contributed by atoms with Gasteiger partial charge in [-0.1, -0.05) is 36.4 Å². The second-order valence-corrected chi connectivity index (χ2v) is 6.43. The Labute approximate surface area is 148 Å². The van der Waals surface area contributed by atoms with Gasteiger partial charge in [-0.25, -0.2) is 4.98 Å². The van der Waals surface area contributed by atoms with Crippen molar-refractivity contribution in [2.75, 3.05) is 13.1 Å². The lowest BCUT2D eigenvalue weighted by Gasteiger charge is -2.31. The maximum atomic E-state index is 12.5. The molecule has 0 bridgehead atoms. The van der Waals surface area contributed by atoms with E-state index in [4.69, 9.17) is 0 Å². The van der Waals surface area contributed by atoms with Crippen LogP contribution in [-0.4, -0.2) is 34.8 Å². The average Bonchev–Trinajstić information content (AvgIpc) is 2.66. The zero-order valence-electron chi connectivity index (χ0n) is 14.4. The highest BCUT2D eigenvalue weighted by atomic mass is 16.2. The third-order valence-corrected chi connectivity index (χ3v) is 4.57. The molecule has 1 aromatic heterocycles. The molecule has 3 rings (SSSR count). The van der Waals surface area contributed by atoms with Gasteiger partial charge in [0.1, 0.15) is 5.69 Å². The minimum absolute atomic E-state index is 0.0294. The zero-order chi connectivity index (χ0) is 17.6. The lowest BCUT2D eigenvalue weighted by molar-refractivity contribution is -0.126. The number of carbonyl (C=O) groups excluding carboxylic acids is 2. The van der Waals surface area contributed by atoms with Gasteiger partial charge in [-0.3, -0.25) is 9.59 Å². The first-order valence-corrected chi connectivity index (χ1v) is 8.68. The van der Waals surface area contributed by atoms with Gasteiger partial charge in [-0.15, -0.1) is 0 Å². The van der Waals surface area contributed by atoms with Gasteiger partial charge in [0.2, 0.25) is 5.91 Å². The molecule has 0 unspecified atom stereocenters. The van der Waals surface area contributed by atoms with Gasteiger partial charge in [0.05, 0.1) is 0 Å². The number of benzene rings is 1. The van der Waals surface area contributed by atoms with Gasteiger partial charge >= 0.3 is 0 Å². The first kappa shape index (κ1) is 17.1. The fourth-order valence-electron chi connectivity index (χ4n) is 3.10. The molecule has 0 saturated carbocycles. The van der Waals surface area contributed by atoms with E-state index in [2.05, 4.69) is 10.3 Å². The summed E-state index contributed by atoms with van der Waals surface area (Å²) in [6.45, 7) is 3.61. The highest BCUT2D eigenvalue weighted by Gasteiger charge is 2.28. The lowest BCUT2D eigenvalue weighted by Crippen LogP contribution is -2.43. The van der Waals surface area contributed by atoms with Crippen LogP contribution in [0.5, 0.6) is 0 Å². The maximum absolute atomic E-state index is 12.5. The fourth-order valence-corrected chi connectivity index (χ4v) is 3.10. The summed E-state index contributed by atoms with van der Waals surface area (Å²) in [5.41, 5.74) is 2.40. The van der Waals surface area contributed by atoms with Crippen molar-refractivity contribution >= 4 is 11.8 Å². The Balaban J connectivity index is 1.49. The van der Waals surface area contributed by atoms with Crippen molar-refractivity contribution in [1.82, 2.24) is 15.2 Å². The minimum Gasteiger partial charge on any atom is -0.352 e. The van der Waals surface area contributed by atoms with Crippen LogP contribution in [-0.2, 0) is 11.3 Å². The SMILES string of the molecule is Cc1cccc(C(=O)N2CCC(C(=O)NCc3ccccc3)CC2)n1. The van der Waals surface area contributed by atoms with Crippen LogP contribution in [0.25, 0.3) is 0 Å². The zero-order valence-corrected chi connectivity index (χ0v) is 14.4. The smallest absolute Gasteiger partial charge is 0.272 e. The van der Waals surface area contributed by atoms with Crippen LogP contribution in [0.1, 0.15) is 34.6 Å². The number of pyridine rings is 1. The normalized spacial score (nSPS) is 15.0. The Morgan fingerprint density at radius 3 is 2.48 bits per heavy atom. The van der Waals surface area contributed by atoms with E-state index in [0.717, 1.165) is 11.3 Å². The molecule has 0 spiro atoms. The van der Waals surface area contributed by atoms with Crippen molar-refractivity contribution < 1.29 is 9.59 Å². The highest BCUT2D eigenvalue weighted by molar-refractivity contribution is 5.92. The van der Waals surface area contributed by atoms with Crippen molar-refractivity contribution in [1.29, 1.82) is 0 Å². The summed E-state index contributed by atoms with van der Waals surface area (Å²) in [4.78, 5) is 30.9. The number of nitrogens with zero attached hydrogens (tertiary/aromatic N) is 2. The topological polar surface area (TPSA) is 62.3 Å². The molecule has 2 amide bonds. The van der Waals surface area contributed by atoms with E-state index in [1.165, 1.54) is 0 Å². The first-order valence-electron chi connectivity index (χ1n) is 8.68. The van der Waals surface area contributed by atoms with Crippen molar-refractivity contribution in [2.45, 2.75) is 26.3 Å². The number of aryl methyl sites for hydroxylation is 1. The van der Waals surface area contributed by atoms with E-state index in [1.807, 2.05) is 49.4 Å². The van der Waals surface area contributed by atoms with Gasteiger partial charge in [-0.2, -0.15) is 0 Å². The lowest BCUT2D eigenvalue weighted by atomic mass is 9.95. The number of rotatable bonds is 4. The predicted octanol–water partition coefficient (Wildman–Crippen LogP) is 2.56. The van der Waals surface area contributed by atoms with E-state index in [-0.39, 0.29) is 17.7 Å². The number of nitrogens with one attached hydrogen (secondary N) is 1. The number of likely N-dealkylation sites (tertiary alicyclic amines) is 1. The number of amides is 2. The number of hydrogen-bond donors (Lipinski definition) is 1.